The molecule has 21 heavy (non-hydrogen) atoms. The first-order valence-electron chi connectivity index (χ1n) is 6.31. The predicted octanol–water partition coefficient (Wildman–Crippen LogP) is 4.34. The van der Waals surface area contributed by atoms with Gasteiger partial charge in [-0.3, -0.25) is 4.79 Å². The van der Waals surface area contributed by atoms with Crippen LogP contribution in [-0.4, -0.2) is 12.4 Å². The molecule has 2 aromatic rings. The molecule has 3 nitrogen and oxygen atoms in total. The Morgan fingerprint density at radius 3 is 2.52 bits per heavy atom. The van der Waals surface area contributed by atoms with Gasteiger partial charge in [0.15, 0.2) is 11.5 Å². The normalized spacial score (nSPS) is 10.2. The summed E-state index contributed by atoms with van der Waals surface area (Å²) in [5.41, 5.74) is 1.82. The molecule has 2 rings (SSSR count). The number of benzene rings is 2. The summed E-state index contributed by atoms with van der Waals surface area (Å²) in [7, 11) is 1.57. The van der Waals surface area contributed by atoms with E-state index in [2.05, 4.69) is 15.9 Å². The molecule has 0 N–H and O–H groups in total. The van der Waals surface area contributed by atoms with Gasteiger partial charge in [0.2, 0.25) is 5.24 Å². The smallest absolute Gasteiger partial charge is 0.226 e. The number of methoxy groups -OCH3 is 1. The maximum absolute atomic E-state index is 11.1. The van der Waals surface area contributed by atoms with Gasteiger partial charge in [-0.2, -0.15) is 0 Å². The van der Waals surface area contributed by atoms with E-state index in [-0.39, 0.29) is 6.42 Å². The summed E-state index contributed by atoms with van der Waals surface area (Å²) in [6.45, 7) is 0.424. The van der Waals surface area contributed by atoms with Crippen LogP contribution >= 0.6 is 27.5 Å². The topological polar surface area (TPSA) is 35.5 Å². The summed E-state index contributed by atoms with van der Waals surface area (Å²) in [4.78, 5) is 11.1. The fourth-order valence-corrected chi connectivity index (χ4v) is 2.48. The van der Waals surface area contributed by atoms with Crippen LogP contribution in [0, 0.1) is 0 Å². The third-order valence-corrected chi connectivity index (χ3v) is 3.77. The highest BCUT2D eigenvalue weighted by Gasteiger charge is 2.12. The van der Waals surface area contributed by atoms with Gasteiger partial charge < -0.3 is 9.47 Å². The van der Waals surface area contributed by atoms with Gasteiger partial charge in [0, 0.05) is 10.9 Å². The molecule has 0 amide bonds. The van der Waals surface area contributed by atoms with Crippen LogP contribution in [0.4, 0.5) is 0 Å². The average Bonchev–Trinajstić information content (AvgIpc) is 2.48. The van der Waals surface area contributed by atoms with Crippen molar-refractivity contribution >= 4 is 32.8 Å². The van der Waals surface area contributed by atoms with Crippen LogP contribution in [0.5, 0.6) is 11.5 Å². The van der Waals surface area contributed by atoms with E-state index in [0.717, 1.165) is 15.6 Å². The van der Waals surface area contributed by atoms with Crippen molar-refractivity contribution in [2.24, 2.45) is 0 Å². The summed E-state index contributed by atoms with van der Waals surface area (Å²) in [6.07, 6.45) is 0.133. The van der Waals surface area contributed by atoms with Crippen molar-refractivity contribution < 1.29 is 14.3 Å². The van der Waals surface area contributed by atoms with E-state index in [0.29, 0.717) is 18.1 Å². The summed E-state index contributed by atoms with van der Waals surface area (Å²) in [5.74, 6) is 1.18. The van der Waals surface area contributed by atoms with Gasteiger partial charge in [-0.1, -0.05) is 46.3 Å². The first-order chi connectivity index (χ1) is 10.1. The molecule has 0 radical (unpaired) electrons. The molecule has 0 saturated carbocycles. The van der Waals surface area contributed by atoms with Crippen molar-refractivity contribution in [3.63, 3.8) is 0 Å². The van der Waals surface area contributed by atoms with Crippen LogP contribution in [0.2, 0.25) is 0 Å². The quantitative estimate of drug-likeness (QED) is 0.710. The van der Waals surface area contributed by atoms with E-state index in [1.807, 2.05) is 30.3 Å². The Morgan fingerprint density at radius 1 is 1.19 bits per heavy atom. The number of hydrogen-bond donors (Lipinski definition) is 0. The Morgan fingerprint density at radius 2 is 1.90 bits per heavy atom. The minimum absolute atomic E-state index is 0.133. The number of rotatable bonds is 6. The van der Waals surface area contributed by atoms with E-state index < -0.39 is 5.24 Å². The van der Waals surface area contributed by atoms with Crippen LogP contribution in [0.25, 0.3) is 0 Å². The lowest BCUT2D eigenvalue weighted by Gasteiger charge is -2.13. The number of halogens is 2. The zero-order valence-corrected chi connectivity index (χ0v) is 13.8. The number of hydrogen-bond acceptors (Lipinski definition) is 3. The van der Waals surface area contributed by atoms with Gasteiger partial charge in [-0.15, -0.1) is 0 Å². The molecular formula is C16H14BrClO3. The molecule has 0 fully saturated rings. The van der Waals surface area contributed by atoms with Crippen molar-refractivity contribution in [1.82, 2.24) is 0 Å². The molecule has 0 aliphatic carbocycles. The zero-order valence-electron chi connectivity index (χ0n) is 11.4. The second kappa shape index (κ2) is 7.48. The van der Waals surface area contributed by atoms with Crippen molar-refractivity contribution in [2.75, 3.05) is 7.11 Å². The molecule has 0 aliphatic heterocycles. The van der Waals surface area contributed by atoms with E-state index >= 15 is 0 Å². The molecule has 0 atom stereocenters. The Hall–Kier alpha value is -1.52. The van der Waals surface area contributed by atoms with Crippen LogP contribution in [0.1, 0.15) is 11.1 Å². The first kappa shape index (κ1) is 15.9. The summed E-state index contributed by atoms with van der Waals surface area (Å²) >= 11 is 8.85. The third kappa shape index (κ3) is 4.48. The maximum Gasteiger partial charge on any atom is 0.226 e. The molecule has 0 aliphatic rings. The van der Waals surface area contributed by atoms with Gasteiger partial charge in [0.1, 0.15) is 6.61 Å². The Kier molecular flexibility index (Phi) is 5.65. The average molecular weight is 370 g/mol. The number of ether oxygens (including phenoxy) is 2. The number of carbonyl (C=O) groups excluding carboxylic acids is 1. The second-order valence-corrected chi connectivity index (χ2v) is 5.68. The van der Waals surface area contributed by atoms with Crippen LogP contribution in [0.15, 0.2) is 46.9 Å². The largest absolute Gasteiger partial charge is 0.493 e. The van der Waals surface area contributed by atoms with Crippen molar-refractivity contribution in [2.45, 2.75) is 13.0 Å². The third-order valence-electron chi connectivity index (χ3n) is 2.90. The lowest BCUT2D eigenvalue weighted by atomic mass is 10.1. The summed E-state index contributed by atoms with van der Waals surface area (Å²) in [5, 5.41) is -0.421. The highest BCUT2D eigenvalue weighted by atomic mass is 79.9. The molecule has 110 valence electrons. The molecule has 0 saturated heterocycles. The van der Waals surface area contributed by atoms with Crippen molar-refractivity contribution in [3.8, 4) is 11.5 Å². The standard InChI is InChI=1S/C16H14BrClO3/c1-20-14-9-13(17)12(8-16(18)19)7-15(14)21-10-11-5-3-2-4-6-11/h2-7,9H,8,10H2,1H3. The molecule has 0 bridgehead atoms. The predicted molar refractivity (Wildman–Crippen MR) is 86.0 cm³/mol. The molecule has 5 heteroatoms. The van der Waals surface area contributed by atoms with E-state index in [9.17, 15) is 4.79 Å². The maximum atomic E-state index is 11.1. The highest BCUT2D eigenvalue weighted by molar-refractivity contribution is 9.10. The Bertz CT molecular complexity index is 629. The summed E-state index contributed by atoms with van der Waals surface area (Å²) < 4.78 is 11.9. The fourth-order valence-electron chi connectivity index (χ4n) is 1.87. The minimum atomic E-state index is -0.421. The first-order valence-corrected chi connectivity index (χ1v) is 7.48. The SMILES string of the molecule is COc1cc(Br)c(CC(=O)Cl)cc1OCc1ccccc1. The monoisotopic (exact) mass is 368 g/mol. The van der Waals surface area contributed by atoms with Gasteiger partial charge in [-0.25, -0.2) is 0 Å². The minimum Gasteiger partial charge on any atom is -0.493 e. The Balaban J connectivity index is 2.22. The second-order valence-electron chi connectivity index (χ2n) is 4.40. The van der Waals surface area contributed by atoms with Crippen LogP contribution in [-0.2, 0) is 17.8 Å². The van der Waals surface area contributed by atoms with E-state index in [4.69, 9.17) is 21.1 Å². The molecular weight excluding hydrogens is 356 g/mol. The fraction of sp³-hybridized carbons (Fsp3) is 0.188. The number of carbonyl (C=O) groups is 1. The highest BCUT2D eigenvalue weighted by Crippen LogP contribution is 2.34. The van der Waals surface area contributed by atoms with Gasteiger partial charge in [0.05, 0.1) is 7.11 Å². The lowest BCUT2D eigenvalue weighted by Crippen LogP contribution is -2.01. The zero-order chi connectivity index (χ0) is 15.2. The molecule has 2 aromatic carbocycles. The van der Waals surface area contributed by atoms with Gasteiger partial charge >= 0.3 is 0 Å². The van der Waals surface area contributed by atoms with Crippen molar-refractivity contribution in [1.29, 1.82) is 0 Å². The van der Waals surface area contributed by atoms with E-state index in [1.165, 1.54) is 0 Å². The van der Waals surface area contributed by atoms with Crippen LogP contribution in [0.3, 0.4) is 0 Å². The van der Waals surface area contributed by atoms with Crippen LogP contribution < -0.4 is 9.47 Å². The molecule has 0 aromatic heterocycles. The lowest BCUT2D eigenvalue weighted by molar-refractivity contribution is -0.111. The molecule has 0 heterocycles. The van der Waals surface area contributed by atoms with Gasteiger partial charge in [0.25, 0.3) is 0 Å². The van der Waals surface area contributed by atoms with E-state index in [1.54, 1.807) is 19.2 Å². The summed E-state index contributed by atoms with van der Waals surface area (Å²) in [6, 6.07) is 13.4. The van der Waals surface area contributed by atoms with Gasteiger partial charge in [-0.05, 0) is 34.9 Å². The molecule has 0 unspecified atom stereocenters. The Labute approximate surface area is 137 Å². The van der Waals surface area contributed by atoms with Crippen molar-refractivity contribution in [3.05, 3.63) is 58.1 Å². The molecule has 0 spiro atoms.